The number of carbonyl (C=O) groups excluding carboxylic acids is 1. The molecular formula is C6H11NO3. The molecule has 1 fully saturated rings. The normalized spacial score (nSPS) is 25.9. The van der Waals surface area contributed by atoms with Crippen LogP contribution >= 0.6 is 0 Å². The third-order valence-electron chi connectivity index (χ3n) is 1.47. The number of hydrogen-bond donors (Lipinski definition) is 2. The highest BCUT2D eigenvalue weighted by Gasteiger charge is 2.34. The molecule has 0 aliphatic carbocycles. The molecule has 0 aromatic carbocycles. The van der Waals surface area contributed by atoms with Gasteiger partial charge < -0.3 is 15.2 Å². The maximum Gasteiger partial charge on any atom is 0.407 e. The molecular weight excluding hydrogens is 134 g/mol. The van der Waals surface area contributed by atoms with Gasteiger partial charge in [0.05, 0.1) is 12.1 Å². The molecule has 10 heavy (non-hydrogen) atoms. The quantitative estimate of drug-likeness (QED) is 0.540. The maximum atomic E-state index is 10.5. The molecule has 4 heteroatoms. The van der Waals surface area contributed by atoms with Gasteiger partial charge in [-0.2, -0.15) is 0 Å². The van der Waals surface area contributed by atoms with Crippen molar-refractivity contribution in [3.8, 4) is 0 Å². The summed E-state index contributed by atoms with van der Waals surface area (Å²) in [6.07, 6.45) is -0.868. The van der Waals surface area contributed by atoms with E-state index in [0.717, 1.165) is 0 Å². The topological polar surface area (TPSA) is 58.6 Å². The van der Waals surface area contributed by atoms with Crippen LogP contribution in [0.25, 0.3) is 0 Å². The minimum absolute atomic E-state index is 0.391. The van der Waals surface area contributed by atoms with Gasteiger partial charge in [0.25, 0.3) is 0 Å². The summed E-state index contributed by atoms with van der Waals surface area (Å²) in [7, 11) is 0. The van der Waals surface area contributed by atoms with E-state index in [1.165, 1.54) is 0 Å². The minimum atomic E-state index is -0.945. The van der Waals surface area contributed by atoms with Crippen molar-refractivity contribution in [2.75, 3.05) is 6.54 Å². The molecule has 0 aromatic rings. The molecule has 1 aliphatic rings. The first-order valence-corrected chi connectivity index (χ1v) is 3.17. The first-order chi connectivity index (χ1) is 4.50. The summed E-state index contributed by atoms with van der Waals surface area (Å²) in [5.74, 6) is 0. The molecule has 0 saturated carbocycles. The zero-order valence-corrected chi connectivity index (χ0v) is 6.05. The zero-order valence-electron chi connectivity index (χ0n) is 6.05. The molecule has 0 bridgehead atoms. The van der Waals surface area contributed by atoms with E-state index in [1.54, 1.807) is 13.8 Å². The number of rotatable bonds is 1. The number of amides is 1. The molecule has 1 aliphatic heterocycles. The van der Waals surface area contributed by atoms with Gasteiger partial charge >= 0.3 is 6.09 Å². The molecule has 58 valence electrons. The van der Waals surface area contributed by atoms with Crippen LogP contribution in [0.5, 0.6) is 0 Å². The average Bonchev–Trinajstić information content (AvgIpc) is 2.11. The van der Waals surface area contributed by atoms with E-state index in [9.17, 15) is 9.90 Å². The molecule has 4 nitrogen and oxygen atoms in total. The highest BCUT2D eigenvalue weighted by atomic mass is 16.6. The van der Waals surface area contributed by atoms with Gasteiger partial charge in [-0.05, 0) is 13.8 Å². The van der Waals surface area contributed by atoms with Gasteiger partial charge in [-0.1, -0.05) is 0 Å². The molecule has 0 unspecified atom stereocenters. The van der Waals surface area contributed by atoms with Gasteiger partial charge in [0.15, 0.2) is 0 Å². The fourth-order valence-electron chi connectivity index (χ4n) is 0.783. The van der Waals surface area contributed by atoms with Crippen molar-refractivity contribution in [2.45, 2.75) is 25.6 Å². The summed E-state index contributed by atoms with van der Waals surface area (Å²) in [5.41, 5.74) is -0.945. The van der Waals surface area contributed by atoms with Gasteiger partial charge in [0.2, 0.25) is 0 Å². The maximum absolute atomic E-state index is 10.5. The van der Waals surface area contributed by atoms with Crippen molar-refractivity contribution < 1.29 is 14.6 Å². The lowest BCUT2D eigenvalue weighted by atomic mass is 10.0. The summed E-state index contributed by atoms with van der Waals surface area (Å²) in [4.78, 5) is 10.5. The molecule has 0 radical (unpaired) electrons. The highest BCUT2D eigenvalue weighted by Crippen LogP contribution is 2.15. The summed E-state index contributed by atoms with van der Waals surface area (Å²) < 4.78 is 4.73. The Balaban J connectivity index is 2.53. The van der Waals surface area contributed by atoms with Crippen molar-refractivity contribution in [2.24, 2.45) is 0 Å². The molecule has 1 saturated heterocycles. The van der Waals surface area contributed by atoms with E-state index >= 15 is 0 Å². The third kappa shape index (κ3) is 1.39. The van der Waals surface area contributed by atoms with Crippen molar-refractivity contribution >= 4 is 6.09 Å². The molecule has 0 spiro atoms. The molecule has 1 heterocycles. The SMILES string of the molecule is CC(C)(O)[C@H]1CNC(=O)O1. The largest absolute Gasteiger partial charge is 0.441 e. The second-order valence-electron chi connectivity index (χ2n) is 2.93. The Morgan fingerprint density at radius 1 is 1.80 bits per heavy atom. The van der Waals surface area contributed by atoms with Crippen LogP contribution in [0.4, 0.5) is 4.79 Å². The standard InChI is InChI=1S/C6H11NO3/c1-6(2,9)4-3-7-5(8)10-4/h4,9H,3H2,1-2H3,(H,7,8)/t4-/m1/s1. The van der Waals surface area contributed by atoms with Gasteiger partial charge in [0, 0.05) is 0 Å². The van der Waals surface area contributed by atoms with Crippen LogP contribution in [0.2, 0.25) is 0 Å². The van der Waals surface area contributed by atoms with E-state index in [4.69, 9.17) is 4.74 Å². The number of hydrogen-bond acceptors (Lipinski definition) is 3. The van der Waals surface area contributed by atoms with Crippen LogP contribution in [0.3, 0.4) is 0 Å². The van der Waals surface area contributed by atoms with Gasteiger partial charge in [-0.25, -0.2) is 4.79 Å². The first kappa shape index (κ1) is 7.34. The van der Waals surface area contributed by atoms with Crippen LogP contribution < -0.4 is 5.32 Å². The molecule has 2 N–H and O–H groups in total. The molecule has 1 amide bonds. The number of aliphatic hydroxyl groups is 1. The number of carbonyl (C=O) groups is 1. The van der Waals surface area contributed by atoms with E-state index in [0.29, 0.717) is 6.54 Å². The smallest absolute Gasteiger partial charge is 0.407 e. The number of alkyl carbamates (subject to hydrolysis) is 1. The first-order valence-electron chi connectivity index (χ1n) is 3.17. The fraction of sp³-hybridized carbons (Fsp3) is 0.833. The summed E-state index contributed by atoms with van der Waals surface area (Å²) >= 11 is 0. The third-order valence-corrected chi connectivity index (χ3v) is 1.47. The van der Waals surface area contributed by atoms with E-state index in [-0.39, 0.29) is 0 Å². The minimum Gasteiger partial charge on any atom is -0.441 e. The highest BCUT2D eigenvalue weighted by molar-refractivity contribution is 5.69. The number of cyclic esters (lactones) is 1. The molecule has 0 aromatic heterocycles. The Labute approximate surface area is 59.2 Å². The van der Waals surface area contributed by atoms with Gasteiger partial charge in [-0.15, -0.1) is 0 Å². The van der Waals surface area contributed by atoms with Gasteiger partial charge in [0.1, 0.15) is 6.10 Å². The Morgan fingerprint density at radius 2 is 2.40 bits per heavy atom. The second kappa shape index (κ2) is 2.12. The summed E-state index contributed by atoms with van der Waals surface area (Å²) in [5, 5.41) is 11.8. The molecule has 1 rings (SSSR count). The molecule has 1 atom stereocenters. The van der Waals surface area contributed by atoms with E-state index in [2.05, 4.69) is 5.32 Å². The average molecular weight is 145 g/mol. The van der Waals surface area contributed by atoms with Crippen LogP contribution in [0.15, 0.2) is 0 Å². The fourth-order valence-corrected chi connectivity index (χ4v) is 0.783. The van der Waals surface area contributed by atoms with Crippen molar-refractivity contribution in [3.63, 3.8) is 0 Å². The zero-order chi connectivity index (χ0) is 7.78. The lowest BCUT2D eigenvalue weighted by molar-refractivity contribution is -0.0320. The van der Waals surface area contributed by atoms with Crippen molar-refractivity contribution in [3.05, 3.63) is 0 Å². The van der Waals surface area contributed by atoms with E-state index < -0.39 is 17.8 Å². The van der Waals surface area contributed by atoms with Crippen LogP contribution in [-0.2, 0) is 4.74 Å². The Kier molecular flexibility index (Phi) is 1.56. The Bertz CT molecular complexity index is 150. The van der Waals surface area contributed by atoms with Crippen LogP contribution in [0.1, 0.15) is 13.8 Å². The predicted octanol–water partition coefficient (Wildman–Crippen LogP) is -0.134. The lowest BCUT2D eigenvalue weighted by Crippen LogP contribution is -2.38. The van der Waals surface area contributed by atoms with Crippen LogP contribution in [-0.4, -0.2) is 29.4 Å². The lowest BCUT2D eigenvalue weighted by Gasteiger charge is -2.22. The van der Waals surface area contributed by atoms with Crippen molar-refractivity contribution in [1.29, 1.82) is 0 Å². The number of nitrogens with one attached hydrogen (secondary N) is 1. The Morgan fingerprint density at radius 3 is 2.60 bits per heavy atom. The van der Waals surface area contributed by atoms with Gasteiger partial charge in [-0.3, -0.25) is 0 Å². The number of ether oxygens (including phenoxy) is 1. The van der Waals surface area contributed by atoms with E-state index in [1.807, 2.05) is 0 Å². The van der Waals surface area contributed by atoms with Crippen LogP contribution in [0, 0.1) is 0 Å². The van der Waals surface area contributed by atoms with Crippen molar-refractivity contribution in [1.82, 2.24) is 5.32 Å². The predicted molar refractivity (Wildman–Crippen MR) is 34.6 cm³/mol. The monoisotopic (exact) mass is 145 g/mol. The summed E-state index contributed by atoms with van der Waals surface area (Å²) in [6.45, 7) is 3.61. The Hall–Kier alpha value is -0.770. The summed E-state index contributed by atoms with van der Waals surface area (Å²) in [6, 6.07) is 0. The second-order valence-corrected chi connectivity index (χ2v) is 2.93.